The van der Waals surface area contributed by atoms with Gasteiger partial charge >= 0.3 is 0 Å². The van der Waals surface area contributed by atoms with Crippen molar-refractivity contribution < 1.29 is 13.2 Å². The van der Waals surface area contributed by atoms with Crippen LogP contribution in [0.25, 0.3) is 0 Å². The minimum Gasteiger partial charge on any atom is -0.350 e. The van der Waals surface area contributed by atoms with Crippen molar-refractivity contribution in [2.75, 3.05) is 13.1 Å². The molecule has 1 aliphatic rings. The van der Waals surface area contributed by atoms with Crippen molar-refractivity contribution in [1.29, 1.82) is 0 Å². The second kappa shape index (κ2) is 7.96. The topological polar surface area (TPSA) is 114 Å². The maximum Gasteiger partial charge on any atom is 0.263 e. The van der Waals surface area contributed by atoms with Gasteiger partial charge in [0.25, 0.3) is 10.0 Å². The lowest BCUT2D eigenvalue weighted by molar-refractivity contribution is -0.122. The van der Waals surface area contributed by atoms with E-state index in [2.05, 4.69) is 15.0 Å². The highest BCUT2D eigenvalue weighted by molar-refractivity contribution is 7.90. The molecule has 0 radical (unpaired) electrons. The monoisotopic (exact) mass is 374 g/mol. The number of benzene rings is 1. The number of hydrogen-bond acceptors (Lipinski definition) is 5. The van der Waals surface area contributed by atoms with E-state index in [1.807, 2.05) is 13.8 Å². The summed E-state index contributed by atoms with van der Waals surface area (Å²) in [5.74, 6) is 0.247. The molecule has 1 aromatic carbocycles. The van der Waals surface area contributed by atoms with E-state index in [0.29, 0.717) is 37.3 Å². The first-order valence-electron chi connectivity index (χ1n) is 7.43. The summed E-state index contributed by atoms with van der Waals surface area (Å²) in [6, 6.07) is 6.69. The summed E-state index contributed by atoms with van der Waals surface area (Å²) in [5, 5.41) is 2.84. The van der Waals surface area contributed by atoms with Crippen LogP contribution in [0.5, 0.6) is 0 Å². The Hall–Kier alpha value is -1.64. The Labute approximate surface area is 148 Å². The molecule has 0 unspecified atom stereocenters. The molecule has 1 heterocycles. The third-order valence-electron chi connectivity index (χ3n) is 3.48. The number of nitrogens with zero attached hydrogens (tertiary/aromatic N) is 1. The van der Waals surface area contributed by atoms with Crippen molar-refractivity contribution in [3.8, 4) is 0 Å². The number of amidine groups is 1. The second-order valence-corrected chi connectivity index (χ2v) is 7.72. The molecule has 7 nitrogen and oxygen atoms in total. The van der Waals surface area contributed by atoms with Crippen molar-refractivity contribution >= 4 is 34.2 Å². The maximum absolute atomic E-state index is 11.9. The van der Waals surface area contributed by atoms with Gasteiger partial charge in [-0.3, -0.25) is 14.5 Å². The fraction of sp³-hybridized carbons (Fsp3) is 0.467. The fourth-order valence-electron chi connectivity index (χ4n) is 2.17. The summed E-state index contributed by atoms with van der Waals surface area (Å²) in [6.07, 6.45) is 0.842. The van der Waals surface area contributed by atoms with Crippen LogP contribution in [0.15, 0.2) is 34.2 Å². The minimum atomic E-state index is -3.51. The molecular weight excluding hydrogens is 352 g/mol. The number of halogens is 1. The first-order chi connectivity index (χ1) is 10.7. The van der Waals surface area contributed by atoms with Gasteiger partial charge in [-0.15, -0.1) is 12.4 Å². The summed E-state index contributed by atoms with van der Waals surface area (Å²) in [7, 11) is -3.51. The molecule has 0 aromatic heterocycles. The Morgan fingerprint density at radius 1 is 1.33 bits per heavy atom. The molecule has 0 aliphatic carbocycles. The van der Waals surface area contributed by atoms with Gasteiger partial charge in [-0.2, -0.15) is 0 Å². The highest BCUT2D eigenvalue weighted by atomic mass is 35.5. The summed E-state index contributed by atoms with van der Waals surface area (Å²) in [4.78, 5) is 16.3. The molecule has 1 aliphatic heterocycles. The third-order valence-corrected chi connectivity index (χ3v) is 4.88. The molecular formula is C15H23ClN4O3S. The Kier molecular flexibility index (Phi) is 6.76. The first kappa shape index (κ1) is 20.4. The zero-order valence-corrected chi connectivity index (χ0v) is 15.3. The number of nitrogens with two attached hydrogens (primary N) is 1. The Bertz CT molecular complexity index is 732. The van der Waals surface area contributed by atoms with E-state index in [1.54, 1.807) is 24.3 Å². The molecule has 4 N–H and O–H groups in total. The molecule has 24 heavy (non-hydrogen) atoms. The number of aliphatic imine (C=N–C) groups is 1. The highest BCUT2D eigenvalue weighted by Crippen LogP contribution is 2.22. The molecule has 1 amide bonds. The highest BCUT2D eigenvalue weighted by Gasteiger charge is 2.29. The van der Waals surface area contributed by atoms with Crippen molar-refractivity contribution in [3.63, 3.8) is 0 Å². The molecule has 0 bridgehead atoms. The predicted molar refractivity (Wildman–Crippen MR) is 95.9 cm³/mol. The lowest BCUT2D eigenvalue weighted by Gasteiger charge is -2.24. The number of carbonyl (C=O) groups excluding carboxylic acids is 1. The van der Waals surface area contributed by atoms with Gasteiger partial charge in [-0.1, -0.05) is 12.1 Å². The van der Waals surface area contributed by atoms with Gasteiger partial charge in [0.15, 0.2) is 0 Å². The van der Waals surface area contributed by atoms with Crippen LogP contribution in [-0.2, 0) is 14.8 Å². The smallest absolute Gasteiger partial charge is 0.263 e. The SMILES string of the molecule is CC(C)(CN)NC(=O)CCCN=C1NS(=O)(=O)c2ccccc21.Cl. The molecule has 0 spiro atoms. The number of carbonyl (C=O) groups is 1. The van der Waals surface area contributed by atoms with Crippen LogP contribution in [0.2, 0.25) is 0 Å². The van der Waals surface area contributed by atoms with E-state index in [-0.39, 0.29) is 23.2 Å². The van der Waals surface area contributed by atoms with Gasteiger partial charge in [0.05, 0.1) is 4.90 Å². The number of nitrogens with one attached hydrogen (secondary N) is 2. The van der Waals surface area contributed by atoms with Gasteiger partial charge in [0, 0.05) is 30.6 Å². The van der Waals surface area contributed by atoms with Crippen LogP contribution >= 0.6 is 12.4 Å². The third kappa shape index (κ3) is 4.93. The summed E-state index contributed by atoms with van der Waals surface area (Å²) >= 11 is 0. The van der Waals surface area contributed by atoms with Gasteiger partial charge < -0.3 is 11.1 Å². The van der Waals surface area contributed by atoms with Crippen LogP contribution < -0.4 is 15.8 Å². The molecule has 2 rings (SSSR count). The van der Waals surface area contributed by atoms with Gasteiger partial charge in [-0.05, 0) is 32.4 Å². The lowest BCUT2D eigenvalue weighted by Crippen LogP contribution is -2.48. The molecule has 9 heteroatoms. The van der Waals surface area contributed by atoms with Crippen LogP contribution in [0.3, 0.4) is 0 Å². The number of rotatable bonds is 6. The van der Waals surface area contributed by atoms with Crippen molar-refractivity contribution in [2.45, 2.75) is 37.1 Å². The normalized spacial score (nSPS) is 16.9. The molecule has 0 saturated heterocycles. The molecule has 1 aromatic rings. The van der Waals surface area contributed by atoms with Gasteiger partial charge in [-0.25, -0.2) is 8.42 Å². The van der Waals surface area contributed by atoms with E-state index in [0.717, 1.165) is 0 Å². The van der Waals surface area contributed by atoms with Crippen molar-refractivity contribution in [1.82, 2.24) is 10.0 Å². The van der Waals surface area contributed by atoms with E-state index < -0.39 is 15.6 Å². The summed E-state index contributed by atoms with van der Waals surface area (Å²) < 4.78 is 26.3. The lowest BCUT2D eigenvalue weighted by atomic mass is 10.1. The van der Waals surface area contributed by atoms with Crippen molar-refractivity contribution in [2.24, 2.45) is 10.7 Å². The van der Waals surface area contributed by atoms with Crippen LogP contribution in [-0.4, -0.2) is 38.8 Å². The maximum atomic E-state index is 11.9. The average molecular weight is 375 g/mol. The summed E-state index contributed by atoms with van der Waals surface area (Å²) in [6.45, 7) is 4.44. The minimum absolute atomic E-state index is 0. The van der Waals surface area contributed by atoms with Crippen molar-refractivity contribution in [3.05, 3.63) is 29.8 Å². The average Bonchev–Trinajstić information content (AvgIpc) is 2.75. The van der Waals surface area contributed by atoms with E-state index in [1.165, 1.54) is 0 Å². The Morgan fingerprint density at radius 2 is 2.00 bits per heavy atom. The van der Waals surface area contributed by atoms with E-state index in [4.69, 9.17) is 5.73 Å². The van der Waals surface area contributed by atoms with E-state index >= 15 is 0 Å². The zero-order valence-electron chi connectivity index (χ0n) is 13.7. The van der Waals surface area contributed by atoms with E-state index in [9.17, 15) is 13.2 Å². The zero-order chi connectivity index (χ0) is 17.1. The van der Waals surface area contributed by atoms with Gasteiger partial charge in [0.2, 0.25) is 5.91 Å². The number of hydrogen-bond donors (Lipinski definition) is 3. The second-order valence-electron chi connectivity index (χ2n) is 6.07. The fourth-order valence-corrected chi connectivity index (χ4v) is 3.42. The molecule has 0 atom stereocenters. The molecule has 134 valence electrons. The quantitative estimate of drug-likeness (QED) is 0.638. The van der Waals surface area contributed by atoms with Gasteiger partial charge in [0.1, 0.15) is 5.84 Å². The standard InChI is InChI=1S/C15H22N4O3S.ClH/c1-15(2,10-16)18-13(20)8-5-9-17-14-11-6-3-4-7-12(11)23(21,22)19-14;/h3-4,6-7H,5,8-10,16H2,1-2H3,(H,17,19)(H,18,20);1H. The van der Waals surface area contributed by atoms with Crippen LogP contribution in [0.4, 0.5) is 0 Å². The van der Waals surface area contributed by atoms with Crippen LogP contribution in [0.1, 0.15) is 32.3 Å². The largest absolute Gasteiger partial charge is 0.350 e. The summed E-state index contributed by atoms with van der Waals surface area (Å²) in [5.41, 5.74) is 5.70. The first-order valence-corrected chi connectivity index (χ1v) is 8.91. The Morgan fingerprint density at radius 3 is 2.67 bits per heavy atom. The number of fused-ring (bicyclic) bond motifs is 1. The molecule has 0 fully saturated rings. The number of amides is 1. The van der Waals surface area contributed by atoms with Crippen LogP contribution in [0, 0.1) is 0 Å². The molecule has 0 saturated carbocycles. The predicted octanol–water partition coefficient (Wildman–Crippen LogP) is 0.781. The Balaban J connectivity index is 0.00000288. The number of sulfonamides is 1.